The second kappa shape index (κ2) is 6.64. The number of rotatable bonds is 3. The first kappa shape index (κ1) is 15.3. The van der Waals surface area contributed by atoms with Crippen molar-refractivity contribution in [2.75, 3.05) is 19.6 Å². The van der Waals surface area contributed by atoms with Crippen LogP contribution in [0.2, 0.25) is 5.02 Å². The Balaban J connectivity index is 1.59. The quantitative estimate of drug-likeness (QED) is 0.907. The Morgan fingerprint density at radius 3 is 2.67 bits per heavy atom. The molecule has 0 amide bonds. The van der Waals surface area contributed by atoms with Crippen LogP contribution in [-0.4, -0.2) is 30.6 Å². The molecule has 2 aliphatic rings. The van der Waals surface area contributed by atoms with Crippen LogP contribution < -0.4 is 5.32 Å². The molecular formula is C17H24ClFN2. The summed E-state index contributed by atoms with van der Waals surface area (Å²) in [5.41, 5.74) is 1.11. The summed E-state index contributed by atoms with van der Waals surface area (Å²) in [5, 5.41) is 3.86. The zero-order valence-electron chi connectivity index (χ0n) is 12.6. The summed E-state index contributed by atoms with van der Waals surface area (Å²) in [4.78, 5) is 2.50. The van der Waals surface area contributed by atoms with Crippen LogP contribution in [-0.2, 0) is 0 Å². The largest absolute Gasteiger partial charge is 0.314 e. The van der Waals surface area contributed by atoms with Crippen LogP contribution in [0.5, 0.6) is 0 Å². The van der Waals surface area contributed by atoms with E-state index < -0.39 is 0 Å². The first-order chi connectivity index (χ1) is 10.1. The second-order valence-electron chi connectivity index (χ2n) is 6.43. The summed E-state index contributed by atoms with van der Waals surface area (Å²) >= 11 is 5.90. The first-order valence-corrected chi connectivity index (χ1v) is 8.45. The summed E-state index contributed by atoms with van der Waals surface area (Å²) < 4.78 is 13.3. The maximum atomic E-state index is 13.3. The number of likely N-dealkylation sites (tertiary alicyclic amines) is 1. The van der Waals surface area contributed by atoms with Crippen molar-refractivity contribution in [3.63, 3.8) is 0 Å². The Morgan fingerprint density at radius 1 is 1.29 bits per heavy atom. The van der Waals surface area contributed by atoms with Crippen LogP contribution in [0.15, 0.2) is 18.2 Å². The number of nitrogens with one attached hydrogen (secondary N) is 1. The summed E-state index contributed by atoms with van der Waals surface area (Å²) in [6.07, 6.45) is 5.19. The predicted octanol–water partition coefficient (Wildman–Crippen LogP) is 4.00. The van der Waals surface area contributed by atoms with Gasteiger partial charge in [0.2, 0.25) is 0 Å². The topological polar surface area (TPSA) is 15.3 Å². The van der Waals surface area contributed by atoms with Crippen LogP contribution in [0.3, 0.4) is 0 Å². The lowest BCUT2D eigenvalue weighted by Crippen LogP contribution is -2.41. The standard InChI is InChI=1S/C17H24ClFN2/c1-12(14-4-5-16(19)15(18)11-14)21-9-6-13(7-10-21)17-3-2-8-20-17/h4-5,11-13,17,20H,2-3,6-10H2,1H3. The van der Waals surface area contributed by atoms with Gasteiger partial charge in [-0.25, -0.2) is 4.39 Å². The van der Waals surface area contributed by atoms with Crippen molar-refractivity contribution >= 4 is 11.6 Å². The Hall–Kier alpha value is -0.640. The van der Waals surface area contributed by atoms with E-state index in [4.69, 9.17) is 11.6 Å². The number of piperidine rings is 1. The van der Waals surface area contributed by atoms with E-state index in [1.807, 2.05) is 6.07 Å². The van der Waals surface area contributed by atoms with E-state index >= 15 is 0 Å². The fraction of sp³-hybridized carbons (Fsp3) is 0.647. The van der Waals surface area contributed by atoms with Crippen molar-refractivity contribution < 1.29 is 4.39 Å². The minimum Gasteiger partial charge on any atom is -0.314 e. The summed E-state index contributed by atoms with van der Waals surface area (Å²) in [6, 6.07) is 6.15. The maximum Gasteiger partial charge on any atom is 0.141 e. The number of hydrogen-bond donors (Lipinski definition) is 1. The molecule has 2 aliphatic heterocycles. The van der Waals surface area contributed by atoms with E-state index in [0.717, 1.165) is 30.6 Å². The molecule has 2 fully saturated rings. The van der Waals surface area contributed by atoms with Crippen LogP contribution in [0.25, 0.3) is 0 Å². The highest BCUT2D eigenvalue weighted by Crippen LogP contribution is 2.31. The van der Waals surface area contributed by atoms with E-state index in [-0.39, 0.29) is 10.8 Å². The van der Waals surface area contributed by atoms with E-state index in [1.54, 1.807) is 6.07 Å². The molecule has 21 heavy (non-hydrogen) atoms. The Labute approximate surface area is 131 Å². The molecule has 0 aromatic heterocycles. The molecule has 2 unspecified atom stereocenters. The van der Waals surface area contributed by atoms with Crippen molar-refractivity contribution in [1.82, 2.24) is 10.2 Å². The van der Waals surface area contributed by atoms with Gasteiger partial charge in [-0.3, -0.25) is 4.90 Å². The molecular weight excluding hydrogens is 287 g/mol. The summed E-state index contributed by atoms with van der Waals surface area (Å²) in [7, 11) is 0. The average Bonchev–Trinajstić information content (AvgIpc) is 3.04. The first-order valence-electron chi connectivity index (χ1n) is 8.07. The van der Waals surface area contributed by atoms with Gasteiger partial charge in [-0.05, 0) is 75.9 Å². The van der Waals surface area contributed by atoms with Crippen LogP contribution >= 0.6 is 11.6 Å². The lowest BCUT2D eigenvalue weighted by Gasteiger charge is -2.38. The molecule has 1 N–H and O–H groups in total. The van der Waals surface area contributed by atoms with Crippen molar-refractivity contribution in [1.29, 1.82) is 0 Å². The van der Waals surface area contributed by atoms with E-state index in [2.05, 4.69) is 17.1 Å². The molecule has 3 rings (SSSR count). The molecule has 2 saturated heterocycles. The molecule has 1 aromatic rings. The predicted molar refractivity (Wildman–Crippen MR) is 85.1 cm³/mol. The zero-order valence-corrected chi connectivity index (χ0v) is 13.4. The van der Waals surface area contributed by atoms with Gasteiger partial charge in [0.15, 0.2) is 0 Å². The van der Waals surface area contributed by atoms with Gasteiger partial charge in [0, 0.05) is 12.1 Å². The van der Waals surface area contributed by atoms with Gasteiger partial charge in [0.1, 0.15) is 5.82 Å². The Morgan fingerprint density at radius 2 is 2.05 bits per heavy atom. The number of halogens is 2. The lowest BCUT2D eigenvalue weighted by molar-refractivity contribution is 0.126. The third-order valence-corrected chi connectivity index (χ3v) is 5.51. The molecule has 116 valence electrons. The van der Waals surface area contributed by atoms with Gasteiger partial charge in [-0.2, -0.15) is 0 Å². The minimum absolute atomic E-state index is 0.226. The highest BCUT2D eigenvalue weighted by Gasteiger charge is 2.30. The third kappa shape index (κ3) is 3.41. The van der Waals surface area contributed by atoms with Gasteiger partial charge in [-0.15, -0.1) is 0 Å². The maximum absolute atomic E-state index is 13.3. The third-order valence-electron chi connectivity index (χ3n) is 5.22. The van der Waals surface area contributed by atoms with Crippen LogP contribution in [0.1, 0.15) is 44.2 Å². The fourth-order valence-corrected chi connectivity index (χ4v) is 4.00. The molecule has 2 heterocycles. The monoisotopic (exact) mass is 310 g/mol. The fourth-order valence-electron chi connectivity index (χ4n) is 3.81. The van der Waals surface area contributed by atoms with E-state index in [9.17, 15) is 4.39 Å². The smallest absolute Gasteiger partial charge is 0.141 e. The van der Waals surface area contributed by atoms with Crippen molar-refractivity contribution in [3.8, 4) is 0 Å². The van der Waals surface area contributed by atoms with E-state index in [0.29, 0.717) is 6.04 Å². The average molecular weight is 311 g/mol. The number of benzene rings is 1. The molecule has 0 bridgehead atoms. The van der Waals surface area contributed by atoms with Crippen LogP contribution in [0.4, 0.5) is 4.39 Å². The molecule has 2 atom stereocenters. The Kier molecular flexibility index (Phi) is 4.82. The number of nitrogens with zero attached hydrogens (tertiary/aromatic N) is 1. The van der Waals surface area contributed by atoms with Gasteiger partial charge < -0.3 is 5.32 Å². The van der Waals surface area contributed by atoms with Gasteiger partial charge in [0.25, 0.3) is 0 Å². The second-order valence-corrected chi connectivity index (χ2v) is 6.83. The van der Waals surface area contributed by atoms with E-state index in [1.165, 1.54) is 38.3 Å². The summed E-state index contributed by atoms with van der Waals surface area (Å²) in [6.45, 7) is 5.63. The highest BCUT2D eigenvalue weighted by atomic mass is 35.5. The minimum atomic E-state index is -0.335. The number of hydrogen-bond acceptors (Lipinski definition) is 2. The molecule has 4 heteroatoms. The molecule has 1 aromatic carbocycles. The molecule has 0 spiro atoms. The van der Waals surface area contributed by atoms with Gasteiger partial charge in [-0.1, -0.05) is 17.7 Å². The molecule has 0 aliphatic carbocycles. The summed E-state index contributed by atoms with van der Waals surface area (Å²) in [5.74, 6) is 0.492. The normalized spacial score (nSPS) is 26.1. The molecule has 0 saturated carbocycles. The van der Waals surface area contributed by atoms with Crippen molar-refractivity contribution in [2.45, 2.75) is 44.7 Å². The Bertz CT molecular complexity index is 480. The lowest BCUT2D eigenvalue weighted by atomic mass is 9.87. The van der Waals surface area contributed by atoms with Crippen molar-refractivity contribution in [2.24, 2.45) is 5.92 Å². The van der Waals surface area contributed by atoms with Crippen molar-refractivity contribution in [3.05, 3.63) is 34.6 Å². The zero-order chi connectivity index (χ0) is 14.8. The molecule has 0 radical (unpaired) electrons. The highest BCUT2D eigenvalue weighted by molar-refractivity contribution is 6.30. The molecule has 2 nitrogen and oxygen atoms in total. The SMILES string of the molecule is CC(c1ccc(F)c(Cl)c1)N1CCC(C2CCCN2)CC1. The van der Waals surface area contributed by atoms with Crippen LogP contribution in [0, 0.1) is 11.7 Å². The van der Waals surface area contributed by atoms with Gasteiger partial charge in [0.05, 0.1) is 5.02 Å². The van der Waals surface area contributed by atoms with Gasteiger partial charge >= 0.3 is 0 Å².